The number of hydrogen-bond donors (Lipinski definition) is 1. The summed E-state index contributed by atoms with van der Waals surface area (Å²) in [5, 5.41) is 6.46. The molecule has 1 saturated heterocycles. The average molecular weight is 363 g/mol. The first-order chi connectivity index (χ1) is 12.6. The van der Waals surface area contributed by atoms with Gasteiger partial charge in [-0.25, -0.2) is 0 Å². The van der Waals surface area contributed by atoms with Crippen LogP contribution >= 0.6 is 0 Å². The zero-order chi connectivity index (χ0) is 18.4. The first-order valence-corrected chi connectivity index (χ1v) is 9.72. The van der Waals surface area contributed by atoms with E-state index in [9.17, 15) is 9.59 Å². The van der Waals surface area contributed by atoms with E-state index in [1.165, 1.54) is 25.7 Å². The number of rotatable bonds is 8. The number of carbonyl (C=O) groups is 2. The molecular formula is C19H29N3O4. The van der Waals surface area contributed by atoms with Gasteiger partial charge in [-0.1, -0.05) is 30.8 Å². The van der Waals surface area contributed by atoms with Crippen molar-refractivity contribution in [1.29, 1.82) is 0 Å². The van der Waals surface area contributed by atoms with Gasteiger partial charge >= 0.3 is 0 Å². The minimum absolute atomic E-state index is 0.0231. The van der Waals surface area contributed by atoms with Gasteiger partial charge in [0.1, 0.15) is 5.76 Å². The Morgan fingerprint density at radius 2 is 2.08 bits per heavy atom. The number of ether oxygens (including phenoxy) is 1. The SMILES string of the molecule is Cc1cc(NC(=O)CN(CC2CCCO2)C(=O)CCC2CCCC2)no1. The fraction of sp³-hybridized carbons (Fsp3) is 0.737. The van der Waals surface area contributed by atoms with Crippen molar-refractivity contribution in [1.82, 2.24) is 10.1 Å². The summed E-state index contributed by atoms with van der Waals surface area (Å²) < 4.78 is 10.6. The highest BCUT2D eigenvalue weighted by Gasteiger charge is 2.25. The molecule has 2 fully saturated rings. The third-order valence-electron chi connectivity index (χ3n) is 5.27. The number of nitrogens with one attached hydrogen (secondary N) is 1. The van der Waals surface area contributed by atoms with Gasteiger partial charge in [0.05, 0.1) is 12.6 Å². The molecule has 1 saturated carbocycles. The predicted octanol–water partition coefficient (Wildman–Crippen LogP) is 2.90. The van der Waals surface area contributed by atoms with Crippen molar-refractivity contribution in [2.24, 2.45) is 5.92 Å². The lowest BCUT2D eigenvalue weighted by Crippen LogP contribution is -2.42. The third-order valence-corrected chi connectivity index (χ3v) is 5.27. The molecule has 0 spiro atoms. The fourth-order valence-electron chi connectivity index (χ4n) is 3.85. The van der Waals surface area contributed by atoms with Crippen molar-refractivity contribution >= 4 is 17.6 Å². The van der Waals surface area contributed by atoms with Crippen LogP contribution in [0.5, 0.6) is 0 Å². The topological polar surface area (TPSA) is 84.7 Å². The van der Waals surface area contributed by atoms with Crippen molar-refractivity contribution in [3.05, 3.63) is 11.8 Å². The molecule has 2 amide bonds. The van der Waals surface area contributed by atoms with Gasteiger partial charge in [-0.05, 0) is 32.1 Å². The molecule has 0 bridgehead atoms. The Balaban J connectivity index is 1.54. The molecule has 2 heterocycles. The lowest BCUT2D eigenvalue weighted by atomic mass is 10.0. The molecule has 1 unspecified atom stereocenters. The largest absolute Gasteiger partial charge is 0.376 e. The predicted molar refractivity (Wildman–Crippen MR) is 96.6 cm³/mol. The highest BCUT2D eigenvalue weighted by molar-refractivity contribution is 5.93. The van der Waals surface area contributed by atoms with Gasteiger partial charge in [-0.15, -0.1) is 0 Å². The molecule has 7 nitrogen and oxygen atoms in total. The molecule has 2 aliphatic rings. The quantitative estimate of drug-likeness (QED) is 0.768. The van der Waals surface area contributed by atoms with E-state index < -0.39 is 0 Å². The second-order valence-corrected chi connectivity index (χ2v) is 7.47. The van der Waals surface area contributed by atoms with E-state index in [1.807, 2.05) is 0 Å². The highest BCUT2D eigenvalue weighted by atomic mass is 16.5. The minimum Gasteiger partial charge on any atom is -0.376 e. The summed E-state index contributed by atoms with van der Waals surface area (Å²) in [7, 11) is 0. The van der Waals surface area contributed by atoms with Gasteiger partial charge in [-0.2, -0.15) is 0 Å². The molecule has 1 N–H and O–H groups in total. The Kier molecular flexibility index (Phi) is 6.66. The van der Waals surface area contributed by atoms with Crippen molar-refractivity contribution in [2.75, 3.05) is 25.0 Å². The van der Waals surface area contributed by atoms with Crippen molar-refractivity contribution in [3.63, 3.8) is 0 Å². The number of amides is 2. The van der Waals surface area contributed by atoms with E-state index in [1.54, 1.807) is 17.9 Å². The van der Waals surface area contributed by atoms with Gasteiger partial charge in [0.2, 0.25) is 11.8 Å². The van der Waals surface area contributed by atoms with E-state index in [-0.39, 0.29) is 24.5 Å². The zero-order valence-electron chi connectivity index (χ0n) is 15.5. The van der Waals surface area contributed by atoms with Crippen molar-refractivity contribution in [3.8, 4) is 0 Å². The number of aryl methyl sites for hydroxylation is 1. The third kappa shape index (κ3) is 5.56. The Bertz CT molecular complexity index is 604. The lowest BCUT2D eigenvalue weighted by Gasteiger charge is -2.25. The summed E-state index contributed by atoms with van der Waals surface area (Å²) in [6.45, 7) is 3.00. The molecule has 1 aromatic rings. The molecule has 26 heavy (non-hydrogen) atoms. The van der Waals surface area contributed by atoms with Gasteiger partial charge in [0.25, 0.3) is 0 Å². The van der Waals surface area contributed by atoms with Crippen LogP contribution in [0.3, 0.4) is 0 Å². The summed E-state index contributed by atoms with van der Waals surface area (Å²) in [4.78, 5) is 26.7. The molecule has 144 valence electrons. The standard InChI is InChI=1S/C19H29N3O4/c1-14-11-17(21-26-14)20-18(23)13-22(12-16-7-4-10-25-16)19(24)9-8-15-5-2-3-6-15/h11,15-16H,2-10,12-13H2,1H3,(H,20,21,23). The fourth-order valence-corrected chi connectivity index (χ4v) is 3.85. The molecule has 1 aliphatic heterocycles. The maximum Gasteiger partial charge on any atom is 0.245 e. The van der Waals surface area contributed by atoms with Crippen LogP contribution in [-0.2, 0) is 14.3 Å². The molecule has 3 rings (SSSR count). The van der Waals surface area contributed by atoms with Crippen LogP contribution in [0.25, 0.3) is 0 Å². The summed E-state index contributed by atoms with van der Waals surface area (Å²) in [6, 6.07) is 1.66. The van der Waals surface area contributed by atoms with E-state index in [4.69, 9.17) is 9.26 Å². The number of aromatic nitrogens is 1. The second-order valence-electron chi connectivity index (χ2n) is 7.47. The zero-order valence-corrected chi connectivity index (χ0v) is 15.5. The first kappa shape index (κ1) is 18.9. The number of carbonyl (C=O) groups excluding carboxylic acids is 2. The number of hydrogen-bond acceptors (Lipinski definition) is 5. The second kappa shape index (κ2) is 9.16. The highest BCUT2D eigenvalue weighted by Crippen LogP contribution is 2.28. The monoisotopic (exact) mass is 363 g/mol. The van der Waals surface area contributed by atoms with Gasteiger partial charge in [0, 0.05) is 25.6 Å². The average Bonchev–Trinajstić information content (AvgIpc) is 3.35. The molecular weight excluding hydrogens is 334 g/mol. The molecule has 7 heteroatoms. The Labute approximate surface area is 154 Å². The molecule has 0 aromatic carbocycles. The van der Waals surface area contributed by atoms with Gasteiger partial charge in [0.15, 0.2) is 5.82 Å². The van der Waals surface area contributed by atoms with Crippen molar-refractivity contribution in [2.45, 2.75) is 64.4 Å². The van der Waals surface area contributed by atoms with Crippen LogP contribution < -0.4 is 5.32 Å². The minimum atomic E-state index is -0.259. The van der Waals surface area contributed by atoms with Crippen LogP contribution in [0.15, 0.2) is 10.6 Å². The molecule has 0 radical (unpaired) electrons. The summed E-state index contributed by atoms with van der Waals surface area (Å²) >= 11 is 0. The van der Waals surface area contributed by atoms with Crippen LogP contribution in [0.1, 0.15) is 57.1 Å². The smallest absolute Gasteiger partial charge is 0.245 e. The van der Waals surface area contributed by atoms with Gasteiger partial charge < -0.3 is 19.5 Å². The van der Waals surface area contributed by atoms with E-state index in [0.29, 0.717) is 30.5 Å². The first-order valence-electron chi connectivity index (χ1n) is 9.72. The maximum atomic E-state index is 12.7. The Hall–Kier alpha value is -1.89. The van der Waals surface area contributed by atoms with Crippen LogP contribution in [-0.4, -0.2) is 47.7 Å². The summed E-state index contributed by atoms with van der Waals surface area (Å²) in [5.74, 6) is 1.45. The Morgan fingerprint density at radius 1 is 1.27 bits per heavy atom. The van der Waals surface area contributed by atoms with Crippen LogP contribution in [0, 0.1) is 12.8 Å². The Morgan fingerprint density at radius 3 is 2.73 bits per heavy atom. The van der Waals surface area contributed by atoms with Crippen LogP contribution in [0.2, 0.25) is 0 Å². The molecule has 1 atom stereocenters. The molecule has 1 aromatic heterocycles. The lowest BCUT2D eigenvalue weighted by molar-refractivity contribution is -0.136. The van der Waals surface area contributed by atoms with Crippen molar-refractivity contribution < 1.29 is 18.8 Å². The maximum absolute atomic E-state index is 12.7. The number of anilines is 1. The number of nitrogens with zero attached hydrogens (tertiary/aromatic N) is 2. The normalized spacial score (nSPS) is 20.4. The van der Waals surface area contributed by atoms with E-state index in [2.05, 4.69) is 10.5 Å². The summed E-state index contributed by atoms with van der Waals surface area (Å²) in [5.41, 5.74) is 0. The van der Waals surface area contributed by atoms with E-state index >= 15 is 0 Å². The van der Waals surface area contributed by atoms with E-state index in [0.717, 1.165) is 25.9 Å². The van der Waals surface area contributed by atoms with Gasteiger partial charge in [-0.3, -0.25) is 9.59 Å². The summed E-state index contributed by atoms with van der Waals surface area (Å²) in [6.07, 6.45) is 8.42. The molecule has 1 aliphatic carbocycles. The van der Waals surface area contributed by atoms with Crippen LogP contribution in [0.4, 0.5) is 5.82 Å².